The largest absolute Gasteiger partial charge is 0.472 e. The number of rotatable bonds is 4. The van der Waals surface area contributed by atoms with Gasteiger partial charge in [0.25, 0.3) is 0 Å². The molecule has 2 rings (SSSR count). The Labute approximate surface area is 111 Å². The van der Waals surface area contributed by atoms with E-state index in [9.17, 15) is 0 Å². The lowest BCUT2D eigenvalue weighted by Crippen LogP contribution is -2.18. The molecule has 0 amide bonds. The quantitative estimate of drug-likeness (QED) is 0.905. The topological polar surface area (TPSA) is 25.2 Å². The number of hydrogen-bond acceptors (Lipinski definition) is 2. The van der Waals surface area contributed by atoms with Gasteiger partial charge >= 0.3 is 0 Å². The first-order chi connectivity index (χ1) is 8.22. The zero-order chi connectivity index (χ0) is 12.3. The Kier molecular flexibility index (Phi) is 4.11. The summed E-state index contributed by atoms with van der Waals surface area (Å²) in [6.45, 7) is 0. The summed E-state index contributed by atoms with van der Waals surface area (Å²) in [4.78, 5) is 0. The summed E-state index contributed by atoms with van der Waals surface area (Å²) in [5.41, 5.74) is 2.13. The lowest BCUT2D eigenvalue weighted by molar-refractivity contribution is 0.542. The summed E-state index contributed by atoms with van der Waals surface area (Å²) in [6, 6.07) is 7.80. The van der Waals surface area contributed by atoms with Gasteiger partial charge in [-0.3, -0.25) is 0 Å². The molecule has 0 radical (unpaired) electrons. The molecule has 17 heavy (non-hydrogen) atoms. The summed E-state index contributed by atoms with van der Waals surface area (Å²) >= 11 is 12.2. The summed E-state index contributed by atoms with van der Waals surface area (Å²) in [5.74, 6) is 0. The van der Waals surface area contributed by atoms with Crippen LogP contribution in [0.5, 0.6) is 0 Å². The lowest BCUT2D eigenvalue weighted by Gasteiger charge is -2.15. The second-order valence-electron chi connectivity index (χ2n) is 3.82. The molecule has 0 aliphatic carbocycles. The van der Waals surface area contributed by atoms with Gasteiger partial charge in [0.15, 0.2) is 0 Å². The SMILES string of the molecule is CNC(Cc1cccc(Cl)c1Cl)c1ccoc1. The molecule has 0 fully saturated rings. The van der Waals surface area contributed by atoms with Crippen molar-refractivity contribution in [3.05, 3.63) is 58.0 Å². The van der Waals surface area contributed by atoms with Gasteiger partial charge in [-0.15, -0.1) is 0 Å². The zero-order valence-corrected chi connectivity index (χ0v) is 10.9. The van der Waals surface area contributed by atoms with Crippen molar-refractivity contribution >= 4 is 23.2 Å². The summed E-state index contributed by atoms with van der Waals surface area (Å²) in [7, 11) is 1.91. The molecule has 1 aromatic heterocycles. The number of nitrogens with one attached hydrogen (secondary N) is 1. The van der Waals surface area contributed by atoms with Crippen LogP contribution in [0.15, 0.2) is 41.2 Å². The van der Waals surface area contributed by atoms with Crippen LogP contribution in [0.4, 0.5) is 0 Å². The van der Waals surface area contributed by atoms with Gasteiger partial charge in [-0.05, 0) is 31.2 Å². The Balaban J connectivity index is 2.22. The molecule has 90 valence electrons. The molecule has 0 aliphatic rings. The molecule has 2 aromatic rings. The minimum absolute atomic E-state index is 0.171. The number of likely N-dealkylation sites (N-methyl/N-ethyl adjacent to an activating group) is 1. The first-order valence-corrected chi connectivity index (χ1v) is 6.10. The van der Waals surface area contributed by atoms with Gasteiger partial charge in [0.05, 0.1) is 22.6 Å². The van der Waals surface area contributed by atoms with E-state index in [1.54, 1.807) is 18.6 Å². The van der Waals surface area contributed by atoms with E-state index < -0.39 is 0 Å². The fourth-order valence-corrected chi connectivity index (χ4v) is 2.18. The van der Waals surface area contributed by atoms with E-state index in [-0.39, 0.29) is 6.04 Å². The highest BCUT2D eigenvalue weighted by molar-refractivity contribution is 6.42. The van der Waals surface area contributed by atoms with Gasteiger partial charge in [0.2, 0.25) is 0 Å². The maximum absolute atomic E-state index is 6.17. The van der Waals surface area contributed by atoms with Crippen molar-refractivity contribution in [3.8, 4) is 0 Å². The highest BCUT2D eigenvalue weighted by Crippen LogP contribution is 2.29. The zero-order valence-electron chi connectivity index (χ0n) is 9.41. The fraction of sp³-hybridized carbons (Fsp3) is 0.231. The Morgan fingerprint density at radius 2 is 2.12 bits per heavy atom. The predicted octanol–water partition coefficient (Wildman–Crippen LogP) is 4.09. The summed E-state index contributed by atoms with van der Waals surface area (Å²) in [5, 5.41) is 4.45. The molecule has 1 atom stereocenters. The molecular formula is C13H13Cl2NO. The molecule has 1 N–H and O–H groups in total. The molecule has 0 aliphatic heterocycles. The van der Waals surface area contributed by atoms with Crippen LogP contribution in [0.3, 0.4) is 0 Å². The van der Waals surface area contributed by atoms with E-state index in [1.165, 1.54) is 0 Å². The molecule has 0 bridgehead atoms. The number of benzene rings is 1. The third-order valence-corrected chi connectivity index (χ3v) is 3.61. The average molecular weight is 270 g/mol. The van der Waals surface area contributed by atoms with Crippen molar-refractivity contribution in [2.75, 3.05) is 7.05 Å². The molecule has 0 spiro atoms. The summed E-state index contributed by atoms with van der Waals surface area (Å²) in [6.07, 6.45) is 4.17. The maximum atomic E-state index is 6.17. The lowest BCUT2D eigenvalue weighted by atomic mass is 10.0. The highest BCUT2D eigenvalue weighted by Gasteiger charge is 2.14. The summed E-state index contributed by atoms with van der Waals surface area (Å²) < 4.78 is 5.09. The van der Waals surface area contributed by atoms with E-state index in [2.05, 4.69) is 5.32 Å². The van der Waals surface area contributed by atoms with Crippen LogP contribution in [0.1, 0.15) is 17.2 Å². The van der Waals surface area contributed by atoms with Crippen LogP contribution in [0, 0.1) is 0 Å². The van der Waals surface area contributed by atoms with Crippen molar-refractivity contribution < 1.29 is 4.42 Å². The van der Waals surface area contributed by atoms with Crippen molar-refractivity contribution in [3.63, 3.8) is 0 Å². The van der Waals surface area contributed by atoms with Crippen molar-refractivity contribution in [2.45, 2.75) is 12.5 Å². The molecule has 0 saturated carbocycles. The fourth-order valence-electron chi connectivity index (χ4n) is 1.79. The third-order valence-electron chi connectivity index (χ3n) is 2.75. The number of halogens is 2. The van der Waals surface area contributed by atoms with Crippen LogP contribution in [0.2, 0.25) is 10.0 Å². The Bertz CT molecular complexity index is 482. The molecule has 1 heterocycles. The van der Waals surface area contributed by atoms with Crippen LogP contribution in [-0.4, -0.2) is 7.05 Å². The van der Waals surface area contributed by atoms with E-state index in [0.29, 0.717) is 10.0 Å². The molecule has 1 aromatic carbocycles. The maximum Gasteiger partial charge on any atom is 0.0950 e. The van der Waals surface area contributed by atoms with Gasteiger partial charge in [0.1, 0.15) is 0 Å². The Morgan fingerprint density at radius 1 is 1.29 bits per heavy atom. The van der Waals surface area contributed by atoms with Crippen molar-refractivity contribution in [2.24, 2.45) is 0 Å². The van der Waals surface area contributed by atoms with E-state index in [0.717, 1.165) is 17.5 Å². The monoisotopic (exact) mass is 269 g/mol. The van der Waals surface area contributed by atoms with Crippen LogP contribution in [-0.2, 0) is 6.42 Å². The van der Waals surface area contributed by atoms with Gasteiger partial charge in [-0.1, -0.05) is 35.3 Å². The molecule has 1 unspecified atom stereocenters. The van der Waals surface area contributed by atoms with Crippen LogP contribution in [0.25, 0.3) is 0 Å². The minimum atomic E-state index is 0.171. The molecule has 2 nitrogen and oxygen atoms in total. The third kappa shape index (κ3) is 2.83. The average Bonchev–Trinajstić information content (AvgIpc) is 2.85. The van der Waals surface area contributed by atoms with E-state index >= 15 is 0 Å². The predicted molar refractivity (Wildman–Crippen MR) is 70.7 cm³/mol. The normalized spacial score (nSPS) is 12.6. The second kappa shape index (κ2) is 5.58. The molecule has 4 heteroatoms. The Morgan fingerprint density at radius 3 is 2.76 bits per heavy atom. The minimum Gasteiger partial charge on any atom is -0.472 e. The first kappa shape index (κ1) is 12.5. The van der Waals surface area contributed by atoms with Crippen molar-refractivity contribution in [1.29, 1.82) is 0 Å². The highest BCUT2D eigenvalue weighted by atomic mass is 35.5. The smallest absolute Gasteiger partial charge is 0.0950 e. The second-order valence-corrected chi connectivity index (χ2v) is 4.60. The van der Waals surface area contributed by atoms with E-state index in [1.807, 2.05) is 25.2 Å². The molecule has 0 saturated heterocycles. The van der Waals surface area contributed by atoms with Gasteiger partial charge in [-0.25, -0.2) is 0 Å². The van der Waals surface area contributed by atoms with Crippen LogP contribution < -0.4 is 5.32 Å². The van der Waals surface area contributed by atoms with Gasteiger partial charge in [0, 0.05) is 11.6 Å². The Hall–Kier alpha value is -0.960. The number of hydrogen-bond donors (Lipinski definition) is 1. The van der Waals surface area contributed by atoms with Gasteiger partial charge in [-0.2, -0.15) is 0 Å². The number of furan rings is 1. The van der Waals surface area contributed by atoms with Gasteiger partial charge < -0.3 is 9.73 Å². The molecular weight excluding hydrogens is 257 g/mol. The standard InChI is InChI=1S/C13H13Cl2NO/c1-16-12(10-5-6-17-8-10)7-9-3-2-4-11(14)13(9)15/h2-6,8,12,16H,7H2,1H3. The van der Waals surface area contributed by atoms with E-state index in [4.69, 9.17) is 27.6 Å². The first-order valence-electron chi connectivity index (χ1n) is 5.34. The van der Waals surface area contributed by atoms with Crippen LogP contribution >= 0.6 is 23.2 Å². The van der Waals surface area contributed by atoms with Crippen molar-refractivity contribution in [1.82, 2.24) is 5.32 Å².